The maximum absolute atomic E-state index is 13.1. The SMILES string of the molecule is Br.Br.CO[C@H]1CCCN[C@@H]1CC(=O)Cn1cnc2cc(Cl)c(Oc3ccc(Cl)cc3)cc2c1=O. The van der Waals surface area contributed by atoms with Crippen molar-refractivity contribution in [3.8, 4) is 11.5 Å². The molecular formula is C23H25Br2Cl2N3O4. The first kappa shape index (κ1) is 28.7. The minimum absolute atomic E-state index is 0. The molecule has 1 saturated heterocycles. The first-order chi connectivity index (χ1) is 15.4. The van der Waals surface area contributed by atoms with E-state index in [1.165, 1.54) is 10.9 Å². The summed E-state index contributed by atoms with van der Waals surface area (Å²) < 4.78 is 12.6. The van der Waals surface area contributed by atoms with Gasteiger partial charge in [-0.05, 0) is 55.8 Å². The summed E-state index contributed by atoms with van der Waals surface area (Å²) in [6.45, 7) is 0.791. The standard InChI is InChI=1S/C23H23Cl2N3O4.2BrH/c1-31-21-3-2-8-26-20(21)9-15(29)12-28-13-27-19-11-18(25)22(10-17(19)23(28)30)32-16-6-4-14(24)5-7-16;;/h4-7,10-11,13,20-21,26H,2-3,8-9,12H2,1H3;2*1H/t20-,21+;;/m1../s1. The summed E-state index contributed by atoms with van der Waals surface area (Å²) in [5.74, 6) is 0.780. The Hall–Kier alpha value is -1.49. The van der Waals surface area contributed by atoms with Gasteiger partial charge in [0.05, 0.1) is 34.9 Å². The Bertz CT molecular complexity index is 1190. The number of ether oxygens (including phenoxy) is 2. The molecule has 3 aromatic rings. The highest BCUT2D eigenvalue weighted by Gasteiger charge is 2.26. The molecule has 0 radical (unpaired) electrons. The Morgan fingerprint density at radius 2 is 1.94 bits per heavy atom. The quantitative estimate of drug-likeness (QED) is 0.375. The van der Waals surface area contributed by atoms with Crippen LogP contribution in [0.2, 0.25) is 10.0 Å². The number of nitrogens with zero attached hydrogens (tertiary/aromatic N) is 2. The molecule has 1 aromatic heterocycles. The Kier molecular flexibility index (Phi) is 11.0. The minimum atomic E-state index is -0.333. The zero-order chi connectivity index (χ0) is 22.7. The second kappa shape index (κ2) is 13.0. The van der Waals surface area contributed by atoms with Gasteiger partial charge in [0.1, 0.15) is 11.5 Å². The van der Waals surface area contributed by atoms with E-state index in [9.17, 15) is 9.59 Å². The third kappa shape index (κ3) is 6.80. The first-order valence-electron chi connectivity index (χ1n) is 10.3. The molecule has 0 unspecified atom stereocenters. The van der Waals surface area contributed by atoms with Crippen LogP contribution in [-0.2, 0) is 16.1 Å². The average molecular weight is 638 g/mol. The zero-order valence-corrected chi connectivity index (χ0v) is 23.3. The number of methoxy groups -OCH3 is 1. The highest BCUT2D eigenvalue weighted by molar-refractivity contribution is 8.93. The third-order valence-electron chi connectivity index (χ3n) is 5.54. The van der Waals surface area contributed by atoms with E-state index in [-0.39, 0.29) is 70.4 Å². The van der Waals surface area contributed by atoms with Crippen LogP contribution in [0.4, 0.5) is 0 Å². The van der Waals surface area contributed by atoms with Crippen molar-refractivity contribution in [3.63, 3.8) is 0 Å². The van der Waals surface area contributed by atoms with E-state index < -0.39 is 0 Å². The number of benzene rings is 2. The summed E-state index contributed by atoms with van der Waals surface area (Å²) >= 11 is 12.2. The predicted octanol–water partition coefficient (Wildman–Crippen LogP) is 5.38. The van der Waals surface area contributed by atoms with Crippen LogP contribution in [0.5, 0.6) is 11.5 Å². The number of nitrogens with one attached hydrogen (secondary N) is 1. The second-order valence-corrected chi connectivity index (χ2v) is 8.60. The van der Waals surface area contributed by atoms with Crippen molar-refractivity contribution >= 4 is 73.9 Å². The summed E-state index contributed by atoms with van der Waals surface area (Å²) in [5, 5.41) is 4.56. The van der Waals surface area contributed by atoms with E-state index in [0.717, 1.165) is 19.4 Å². The van der Waals surface area contributed by atoms with Gasteiger partial charge in [0.25, 0.3) is 5.56 Å². The van der Waals surface area contributed by atoms with Crippen molar-refractivity contribution in [1.82, 2.24) is 14.9 Å². The number of piperidine rings is 1. The van der Waals surface area contributed by atoms with Crippen LogP contribution in [0, 0.1) is 0 Å². The highest BCUT2D eigenvalue weighted by atomic mass is 79.9. The molecule has 0 aliphatic carbocycles. The molecule has 0 amide bonds. The van der Waals surface area contributed by atoms with Gasteiger partial charge >= 0.3 is 0 Å². The fourth-order valence-electron chi connectivity index (χ4n) is 3.89. The molecule has 1 fully saturated rings. The van der Waals surface area contributed by atoms with Gasteiger partial charge < -0.3 is 14.8 Å². The number of hydrogen-bond donors (Lipinski definition) is 1. The monoisotopic (exact) mass is 635 g/mol. The van der Waals surface area contributed by atoms with Crippen LogP contribution < -0.4 is 15.6 Å². The van der Waals surface area contributed by atoms with Crippen LogP contribution in [0.15, 0.2) is 47.5 Å². The lowest BCUT2D eigenvalue weighted by molar-refractivity contribution is -0.121. The molecule has 2 aromatic carbocycles. The molecule has 34 heavy (non-hydrogen) atoms. The van der Waals surface area contributed by atoms with Gasteiger partial charge in [-0.3, -0.25) is 14.2 Å². The topological polar surface area (TPSA) is 82.4 Å². The van der Waals surface area contributed by atoms with Gasteiger partial charge in [0.2, 0.25) is 0 Å². The predicted molar refractivity (Wildman–Crippen MR) is 145 cm³/mol. The number of carbonyl (C=O) groups excluding carboxylic acids is 1. The van der Waals surface area contributed by atoms with Gasteiger partial charge in [0, 0.05) is 24.6 Å². The van der Waals surface area contributed by atoms with E-state index in [1.54, 1.807) is 43.5 Å². The number of Topliss-reactive ketones (excluding diaryl/α,β-unsaturated/α-hetero) is 1. The third-order valence-corrected chi connectivity index (χ3v) is 6.08. The Morgan fingerprint density at radius 3 is 2.65 bits per heavy atom. The molecule has 0 spiro atoms. The summed E-state index contributed by atoms with van der Waals surface area (Å²) in [6, 6.07) is 9.87. The lowest BCUT2D eigenvalue weighted by Gasteiger charge is -2.31. The van der Waals surface area contributed by atoms with Gasteiger partial charge in [-0.2, -0.15) is 0 Å². The van der Waals surface area contributed by atoms with E-state index in [0.29, 0.717) is 32.4 Å². The minimum Gasteiger partial charge on any atom is -0.456 e. The number of aromatic nitrogens is 2. The molecule has 4 rings (SSSR count). The maximum Gasteiger partial charge on any atom is 0.261 e. The van der Waals surface area contributed by atoms with Gasteiger partial charge in [-0.25, -0.2) is 4.98 Å². The van der Waals surface area contributed by atoms with Crippen LogP contribution in [0.3, 0.4) is 0 Å². The molecule has 1 aliphatic heterocycles. The molecular weight excluding hydrogens is 613 g/mol. The molecule has 2 atom stereocenters. The summed E-state index contributed by atoms with van der Waals surface area (Å²) in [7, 11) is 1.65. The van der Waals surface area contributed by atoms with Crippen LogP contribution >= 0.6 is 57.2 Å². The number of halogens is 4. The van der Waals surface area contributed by atoms with E-state index in [4.69, 9.17) is 32.7 Å². The van der Waals surface area contributed by atoms with Gasteiger partial charge in [-0.1, -0.05) is 23.2 Å². The first-order valence-corrected chi connectivity index (χ1v) is 11.1. The summed E-state index contributed by atoms with van der Waals surface area (Å²) in [6.07, 6.45) is 3.58. The number of rotatable bonds is 7. The zero-order valence-electron chi connectivity index (χ0n) is 18.3. The summed E-state index contributed by atoms with van der Waals surface area (Å²) in [5.41, 5.74) is 0.0985. The molecule has 0 saturated carbocycles. The molecule has 7 nitrogen and oxygen atoms in total. The van der Waals surface area contributed by atoms with Crippen molar-refractivity contribution in [2.24, 2.45) is 0 Å². The number of fused-ring (bicyclic) bond motifs is 1. The average Bonchev–Trinajstić information content (AvgIpc) is 2.78. The van der Waals surface area contributed by atoms with Crippen LogP contribution in [-0.4, -0.2) is 41.1 Å². The molecule has 0 bridgehead atoms. The fraction of sp³-hybridized carbons (Fsp3) is 0.348. The van der Waals surface area contributed by atoms with Gasteiger partial charge in [-0.15, -0.1) is 34.0 Å². The van der Waals surface area contributed by atoms with Crippen molar-refractivity contribution in [2.75, 3.05) is 13.7 Å². The number of hydrogen-bond acceptors (Lipinski definition) is 6. The Balaban J connectivity index is 0.00000204. The highest BCUT2D eigenvalue weighted by Crippen LogP contribution is 2.32. The largest absolute Gasteiger partial charge is 0.456 e. The normalized spacial score (nSPS) is 17.5. The van der Waals surface area contributed by atoms with Crippen LogP contribution in [0.25, 0.3) is 10.9 Å². The van der Waals surface area contributed by atoms with E-state index >= 15 is 0 Å². The number of ketones is 1. The molecule has 1 aliphatic rings. The molecule has 184 valence electrons. The van der Waals surface area contributed by atoms with E-state index in [1.807, 2.05) is 0 Å². The smallest absolute Gasteiger partial charge is 0.261 e. The fourth-order valence-corrected chi connectivity index (χ4v) is 4.21. The van der Waals surface area contributed by atoms with Crippen molar-refractivity contribution in [3.05, 3.63) is 63.1 Å². The summed E-state index contributed by atoms with van der Waals surface area (Å²) in [4.78, 5) is 30.0. The lowest BCUT2D eigenvalue weighted by atomic mass is 9.96. The van der Waals surface area contributed by atoms with Crippen molar-refractivity contribution in [1.29, 1.82) is 0 Å². The molecule has 1 N–H and O–H groups in total. The number of carbonyl (C=O) groups is 1. The van der Waals surface area contributed by atoms with Crippen molar-refractivity contribution in [2.45, 2.75) is 38.0 Å². The second-order valence-electron chi connectivity index (χ2n) is 7.75. The Labute approximate surface area is 228 Å². The molecule has 2 heterocycles. The van der Waals surface area contributed by atoms with Gasteiger partial charge in [0.15, 0.2) is 5.78 Å². The van der Waals surface area contributed by atoms with E-state index in [2.05, 4.69) is 10.3 Å². The Morgan fingerprint density at radius 1 is 1.21 bits per heavy atom. The lowest BCUT2D eigenvalue weighted by Crippen LogP contribution is -2.47. The maximum atomic E-state index is 13.1. The van der Waals surface area contributed by atoms with Crippen LogP contribution in [0.1, 0.15) is 19.3 Å². The van der Waals surface area contributed by atoms with Crippen molar-refractivity contribution < 1.29 is 14.3 Å². The molecule has 11 heteroatoms.